The van der Waals surface area contributed by atoms with Crippen LogP contribution in [0.15, 0.2) is 5.16 Å². The van der Waals surface area contributed by atoms with Crippen molar-refractivity contribution < 1.29 is 9.84 Å². The van der Waals surface area contributed by atoms with Crippen molar-refractivity contribution >= 4 is 39.1 Å². The maximum Gasteiger partial charge on any atom is 0.190 e. The number of aliphatic hydroxyl groups excluding tert-OH is 1. The molecule has 7 heteroatoms. The van der Waals surface area contributed by atoms with Crippen molar-refractivity contribution in [2.24, 2.45) is 0 Å². The first-order valence-electron chi connectivity index (χ1n) is 8.54. The number of nitrogens with one attached hydrogen (secondary N) is 1. The van der Waals surface area contributed by atoms with Gasteiger partial charge in [-0.25, -0.2) is 9.97 Å². The van der Waals surface area contributed by atoms with E-state index in [1.165, 1.54) is 10.4 Å². The van der Waals surface area contributed by atoms with Crippen molar-refractivity contribution in [3.63, 3.8) is 0 Å². The second-order valence-electron chi connectivity index (χ2n) is 6.24. The molecule has 2 aromatic heterocycles. The van der Waals surface area contributed by atoms with Gasteiger partial charge < -0.3 is 15.2 Å². The van der Waals surface area contributed by atoms with Crippen LogP contribution in [0.2, 0.25) is 0 Å². The Balaban J connectivity index is 2.06. The monoisotopic (exact) mass is 367 g/mol. The lowest BCUT2D eigenvalue weighted by molar-refractivity contribution is -0.0542. The van der Waals surface area contributed by atoms with Gasteiger partial charge in [-0.1, -0.05) is 25.6 Å². The highest BCUT2D eigenvalue weighted by Gasteiger charge is 2.33. The standard InChI is InChI=1S/C17H25N3O2S2/c1-4-17(3)9-11-12(10-22-17)24-15-13(11)14(18-7-6-8-21)19-16(20-15)23-5-2/h21H,4-10H2,1-3H3,(H,18,19,20). The average molecular weight is 368 g/mol. The minimum absolute atomic E-state index is 0.111. The average Bonchev–Trinajstić information content (AvgIpc) is 2.93. The molecule has 24 heavy (non-hydrogen) atoms. The van der Waals surface area contributed by atoms with Crippen LogP contribution < -0.4 is 5.32 Å². The molecule has 1 aliphatic heterocycles. The molecule has 0 saturated heterocycles. The van der Waals surface area contributed by atoms with Gasteiger partial charge in [-0.15, -0.1) is 11.3 Å². The van der Waals surface area contributed by atoms with E-state index in [1.54, 1.807) is 23.1 Å². The van der Waals surface area contributed by atoms with E-state index in [1.807, 2.05) is 0 Å². The summed E-state index contributed by atoms with van der Waals surface area (Å²) in [7, 11) is 0. The van der Waals surface area contributed by atoms with Crippen molar-refractivity contribution in [1.29, 1.82) is 0 Å². The lowest BCUT2D eigenvalue weighted by atomic mass is 9.90. The van der Waals surface area contributed by atoms with Crippen LogP contribution in [0.25, 0.3) is 10.2 Å². The highest BCUT2D eigenvalue weighted by Crippen LogP contribution is 2.42. The highest BCUT2D eigenvalue weighted by molar-refractivity contribution is 7.99. The molecule has 0 bridgehead atoms. The predicted molar refractivity (Wildman–Crippen MR) is 101 cm³/mol. The van der Waals surface area contributed by atoms with Crippen molar-refractivity contribution in [2.45, 2.75) is 57.4 Å². The second kappa shape index (κ2) is 7.56. The summed E-state index contributed by atoms with van der Waals surface area (Å²) in [5, 5.41) is 14.4. The number of fused-ring (bicyclic) bond motifs is 3. The summed E-state index contributed by atoms with van der Waals surface area (Å²) in [4.78, 5) is 11.8. The van der Waals surface area contributed by atoms with Crippen LogP contribution in [0.1, 0.15) is 44.1 Å². The Kier molecular flexibility index (Phi) is 5.64. The summed E-state index contributed by atoms with van der Waals surface area (Å²) in [6, 6.07) is 0. The number of nitrogens with zero attached hydrogens (tertiary/aromatic N) is 2. The second-order valence-corrected chi connectivity index (χ2v) is 8.56. The first-order valence-corrected chi connectivity index (χ1v) is 10.3. The number of rotatable bonds is 7. The van der Waals surface area contributed by atoms with Gasteiger partial charge in [-0.2, -0.15) is 0 Å². The third-order valence-corrected chi connectivity index (χ3v) is 6.29. The van der Waals surface area contributed by atoms with Crippen LogP contribution in [-0.4, -0.2) is 39.6 Å². The van der Waals surface area contributed by atoms with Gasteiger partial charge in [-0.05, 0) is 31.1 Å². The van der Waals surface area contributed by atoms with Crippen LogP contribution in [0, 0.1) is 0 Å². The van der Waals surface area contributed by atoms with E-state index >= 15 is 0 Å². The SMILES string of the molecule is CCSc1nc(NCCCO)c2c3c(sc2n1)COC(C)(CC)C3. The van der Waals surface area contributed by atoms with Crippen molar-refractivity contribution in [3.8, 4) is 0 Å². The smallest absolute Gasteiger partial charge is 0.190 e. The minimum Gasteiger partial charge on any atom is -0.396 e. The number of aromatic nitrogens is 2. The lowest BCUT2D eigenvalue weighted by Gasteiger charge is -2.33. The molecule has 0 spiro atoms. The van der Waals surface area contributed by atoms with Gasteiger partial charge in [0.1, 0.15) is 10.6 Å². The van der Waals surface area contributed by atoms with Gasteiger partial charge >= 0.3 is 0 Å². The van der Waals surface area contributed by atoms with Gasteiger partial charge in [0.2, 0.25) is 0 Å². The normalized spacial score (nSPS) is 20.3. The fraction of sp³-hybridized carbons (Fsp3) is 0.647. The summed E-state index contributed by atoms with van der Waals surface area (Å²) in [6.07, 6.45) is 2.60. The van der Waals surface area contributed by atoms with Gasteiger partial charge in [0, 0.05) is 24.4 Å². The van der Waals surface area contributed by atoms with Crippen LogP contribution >= 0.6 is 23.1 Å². The molecule has 0 amide bonds. The summed E-state index contributed by atoms with van der Waals surface area (Å²) < 4.78 is 6.09. The van der Waals surface area contributed by atoms with E-state index < -0.39 is 0 Å². The molecule has 0 aliphatic carbocycles. The Morgan fingerprint density at radius 1 is 1.38 bits per heavy atom. The van der Waals surface area contributed by atoms with E-state index in [9.17, 15) is 0 Å². The third kappa shape index (κ3) is 3.54. The van der Waals surface area contributed by atoms with E-state index in [0.29, 0.717) is 19.6 Å². The first kappa shape index (κ1) is 17.9. The summed E-state index contributed by atoms with van der Waals surface area (Å²) in [5.41, 5.74) is 1.23. The van der Waals surface area contributed by atoms with Crippen molar-refractivity contribution in [1.82, 2.24) is 9.97 Å². The van der Waals surface area contributed by atoms with E-state index in [-0.39, 0.29) is 12.2 Å². The molecule has 0 radical (unpaired) electrons. The number of hydrogen-bond acceptors (Lipinski definition) is 7. The van der Waals surface area contributed by atoms with Crippen molar-refractivity contribution in [3.05, 3.63) is 10.4 Å². The van der Waals surface area contributed by atoms with Crippen molar-refractivity contribution in [2.75, 3.05) is 24.2 Å². The fourth-order valence-corrected chi connectivity index (χ4v) is 4.62. The molecule has 1 unspecified atom stereocenters. The molecular weight excluding hydrogens is 342 g/mol. The Morgan fingerprint density at radius 3 is 2.92 bits per heavy atom. The Labute approximate surface area is 151 Å². The number of hydrogen-bond donors (Lipinski definition) is 2. The molecule has 1 atom stereocenters. The Morgan fingerprint density at radius 2 is 2.21 bits per heavy atom. The van der Waals surface area contributed by atoms with E-state index in [2.05, 4.69) is 26.1 Å². The molecule has 3 rings (SSSR count). The molecular formula is C17H25N3O2S2. The number of anilines is 1. The van der Waals surface area contributed by atoms with E-state index in [4.69, 9.17) is 19.8 Å². The maximum atomic E-state index is 9.06. The fourth-order valence-electron chi connectivity index (χ4n) is 2.89. The Hall–Kier alpha value is -0.890. The lowest BCUT2D eigenvalue weighted by Crippen LogP contribution is -2.34. The minimum atomic E-state index is -0.111. The quantitative estimate of drug-likeness (QED) is 0.440. The van der Waals surface area contributed by atoms with Crippen LogP contribution in [0.3, 0.4) is 0 Å². The Bertz CT molecular complexity index is 719. The van der Waals surface area contributed by atoms with Gasteiger partial charge in [-0.3, -0.25) is 0 Å². The highest BCUT2D eigenvalue weighted by atomic mass is 32.2. The van der Waals surface area contributed by atoms with Crippen LogP contribution in [-0.2, 0) is 17.8 Å². The first-order chi connectivity index (χ1) is 11.6. The van der Waals surface area contributed by atoms with Gasteiger partial charge in [0.15, 0.2) is 5.16 Å². The van der Waals surface area contributed by atoms with Gasteiger partial charge in [0.25, 0.3) is 0 Å². The summed E-state index contributed by atoms with van der Waals surface area (Å²) in [6.45, 7) is 8.02. The molecule has 0 aromatic carbocycles. The molecule has 1 aliphatic rings. The van der Waals surface area contributed by atoms with Crippen LogP contribution in [0.4, 0.5) is 5.82 Å². The molecule has 3 heterocycles. The van der Waals surface area contributed by atoms with Crippen LogP contribution in [0.5, 0.6) is 0 Å². The van der Waals surface area contributed by atoms with E-state index in [0.717, 1.165) is 39.8 Å². The molecule has 2 aromatic rings. The number of ether oxygens (including phenoxy) is 1. The molecule has 132 valence electrons. The number of thiophene rings is 1. The predicted octanol–water partition coefficient (Wildman–Crippen LogP) is 3.84. The summed E-state index contributed by atoms with van der Waals surface area (Å²) >= 11 is 3.38. The molecule has 2 N–H and O–H groups in total. The van der Waals surface area contributed by atoms with Gasteiger partial charge in [0.05, 0.1) is 17.6 Å². The molecule has 0 saturated carbocycles. The number of aliphatic hydroxyl groups is 1. The molecule has 0 fully saturated rings. The third-order valence-electron chi connectivity index (χ3n) is 4.46. The largest absolute Gasteiger partial charge is 0.396 e. The zero-order valence-electron chi connectivity index (χ0n) is 14.5. The maximum absolute atomic E-state index is 9.06. The number of thioether (sulfide) groups is 1. The molecule has 5 nitrogen and oxygen atoms in total. The summed E-state index contributed by atoms with van der Waals surface area (Å²) in [5.74, 6) is 1.85. The zero-order valence-corrected chi connectivity index (χ0v) is 16.1. The zero-order chi connectivity index (χ0) is 17.2. The topological polar surface area (TPSA) is 67.3 Å².